The van der Waals surface area contributed by atoms with Crippen LogP contribution >= 0.6 is 12.2 Å². The molecule has 16 heteroatoms. The third-order valence-corrected chi connectivity index (χ3v) is 8.10. The maximum Gasteiger partial charge on any atom is 0.243 e. The Morgan fingerprint density at radius 1 is 1.02 bits per heavy atom. The first-order valence-corrected chi connectivity index (χ1v) is 15.5. The minimum Gasteiger partial charge on any atom is -0.393 e. The molecule has 0 aliphatic carbocycles. The summed E-state index contributed by atoms with van der Waals surface area (Å²) in [6.45, 7) is 0.00181. The van der Waals surface area contributed by atoms with E-state index >= 15 is 0 Å². The number of carbonyl (C=O) groups is 4. The van der Waals surface area contributed by atoms with E-state index in [2.05, 4.69) is 20.9 Å². The SMILES string of the molecule is Cn1cc(C[C@H](NC(=O)[C@H](N)CCCN=C(N)N)C(=O)N[C@@H](CCCCN)C(=O)N[C@@](C=O)(CO)Cc2ccccc2)n(C)c1=S. The molecule has 4 atom stereocenters. The van der Waals surface area contributed by atoms with Gasteiger partial charge in [-0.3, -0.25) is 19.4 Å². The van der Waals surface area contributed by atoms with Gasteiger partial charge in [-0.25, -0.2) is 0 Å². The Morgan fingerprint density at radius 3 is 2.26 bits per heavy atom. The fourth-order valence-corrected chi connectivity index (χ4v) is 5.01. The molecule has 0 saturated heterocycles. The molecule has 0 spiro atoms. The summed E-state index contributed by atoms with van der Waals surface area (Å²) in [6, 6.07) is 5.73. The van der Waals surface area contributed by atoms with Crippen LogP contribution in [0.2, 0.25) is 0 Å². The number of hydrogen-bond acceptors (Lipinski definition) is 9. The predicted octanol–water partition coefficient (Wildman–Crippen LogP) is -1.60. The van der Waals surface area contributed by atoms with Gasteiger partial charge in [0.15, 0.2) is 10.7 Å². The van der Waals surface area contributed by atoms with Crippen molar-refractivity contribution in [3.8, 4) is 0 Å². The molecule has 254 valence electrons. The second-order valence-electron chi connectivity index (χ2n) is 11.3. The molecule has 15 nitrogen and oxygen atoms in total. The molecule has 12 N–H and O–H groups in total. The van der Waals surface area contributed by atoms with Crippen molar-refractivity contribution in [2.75, 3.05) is 19.7 Å². The van der Waals surface area contributed by atoms with Crippen LogP contribution in [0, 0.1) is 4.77 Å². The van der Waals surface area contributed by atoms with Crippen molar-refractivity contribution in [3.63, 3.8) is 0 Å². The first kappa shape index (κ1) is 38.1. The number of aliphatic hydroxyl groups is 1. The highest BCUT2D eigenvalue weighted by Crippen LogP contribution is 2.14. The lowest BCUT2D eigenvalue weighted by Gasteiger charge is -2.30. The van der Waals surface area contributed by atoms with Crippen molar-refractivity contribution in [3.05, 3.63) is 52.6 Å². The van der Waals surface area contributed by atoms with Crippen LogP contribution in [0.1, 0.15) is 43.4 Å². The van der Waals surface area contributed by atoms with Gasteiger partial charge in [0, 0.05) is 45.4 Å². The van der Waals surface area contributed by atoms with Gasteiger partial charge in [0.05, 0.1) is 12.6 Å². The molecule has 3 amide bonds. The third kappa shape index (κ3) is 11.7. The number of nitrogens with zero attached hydrogens (tertiary/aromatic N) is 3. The number of amides is 3. The van der Waals surface area contributed by atoms with Crippen molar-refractivity contribution in [1.29, 1.82) is 0 Å². The summed E-state index contributed by atoms with van der Waals surface area (Å²) in [5.41, 5.74) is 22.2. The normalized spacial score (nSPS) is 14.3. The average molecular weight is 661 g/mol. The number of carbonyl (C=O) groups excluding carboxylic acids is 4. The Labute approximate surface area is 274 Å². The van der Waals surface area contributed by atoms with E-state index in [-0.39, 0.29) is 38.2 Å². The van der Waals surface area contributed by atoms with Gasteiger partial charge in [-0.05, 0) is 56.4 Å². The van der Waals surface area contributed by atoms with E-state index in [0.29, 0.717) is 42.6 Å². The number of aryl methyl sites for hydroxylation is 1. The Kier molecular flexibility index (Phi) is 15.5. The van der Waals surface area contributed by atoms with Crippen LogP contribution in [-0.4, -0.2) is 87.6 Å². The second kappa shape index (κ2) is 18.8. The molecule has 2 rings (SSSR count). The van der Waals surface area contributed by atoms with Crippen LogP contribution in [-0.2, 0) is 46.1 Å². The molecule has 0 saturated carbocycles. The summed E-state index contributed by atoms with van der Waals surface area (Å²) in [7, 11) is 3.51. The molecule has 1 heterocycles. The van der Waals surface area contributed by atoms with Gasteiger partial charge in [0.1, 0.15) is 23.9 Å². The third-order valence-electron chi connectivity index (χ3n) is 7.53. The number of unbranched alkanes of at least 4 members (excludes halogenated alkanes) is 1. The maximum absolute atomic E-state index is 13.8. The first-order chi connectivity index (χ1) is 21.9. The number of aldehydes is 1. The summed E-state index contributed by atoms with van der Waals surface area (Å²) in [5, 5.41) is 18.3. The van der Waals surface area contributed by atoms with E-state index in [4.69, 9.17) is 35.2 Å². The van der Waals surface area contributed by atoms with Crippen molar-refractivity contribution in [2.24, 2.45) is 42.0 Å². The number of benzene rings is 1. The summed E-state index contributed by atoms with van der Waals surface area (Å²) in [4.78, 5) is 56.6. The maximum atomic E-state index is 13.8. The Bertz CT molecular complexity index is 1390. The van der Waals surface area contributed by atoms with Crippen LogP contribution in [0.5, 0.6) is 0 Å². The van der Waals surface area contributed by atoms with Gasteiger partial charge in [-0.1, -0.05) is 30.3 Å². The zero-order valence-electron chi connectivity index (χ0n) is 26.5. The highest BCUT2D eigenvalue weighted by Gasteiger charge is 2.35. The first-order valence-electron chi connectivity index (χ1n) is 15.1. The smallest absolute Gasteiger partial charge is 0.243 e. The molecule has 0 unspecified atom stereocenters. The number of rotatable bonds is 20. The molecule has 0 bridgehead atoms. The largest absolute Gasteiger partial charge is 0.393 e. The van der Waals surface area contributed by atoms with Gasteiger partial charge in [-0.2, -0.15) is 0 Å². The number of aliphatic hydroxyl groups excluding tert-OH is 1. The zero-order chi connectivity index (χ0) is 34.3. The van der Waals surface area contributed by atoms with Crippen LogP contribution in [0.4, 0.5) is 0 Å². The number of imidazole rings is 1. The Hall–Kier alpha value is -4.12. The molecule has 0 fully saturated rings. The van der Waals surface area contributed by atoms with Gasteiger partial charge >= 0.3 is 0 Å². The van der Waals surface area contributed by atoms with Crippen LogP contribution in [0.25, 0.3) is 0 Å². The molecule has 46 heavy (non-hydrogen) atoms. The Morgan fingerprint density at radius 2 is 1.70 bits per heavy atom. The molecule has 1 aromatic carbocycles. The van der Waals surface area contributed by atoms with E-state index in [1.165, 1.54) is 0 Å². The monoisotopic (exact) mass is 660 g/mol. The number of guanidine groups is 1. The molecule has 0 aliphatic heterocycles. The molecule has 0 aliphatic rings. The second-order valence-corrected chi connectivity index (χ2v) is 11.7. The molecule has 0 radical (unpaired) electrons. The summed E-state index contributed by atoms with van der Waals surface area (Å²) in [5.74, 6) is -1.95. The van der Waals surface area contributed by atoms with Crippen LogP contribution < -0.4 is 38.9 Å². The summed E-state index contributed by atoms with van der Waals surface area (Å²) < 4.78 is 3.93. The average Bonchev–Trinajstić information content (AvgIpc) is 3.27. The van der Waals surface area contributed by atoms with Crippen molar-refractivity contribution in [1.82, 2.24) is 25.1 Å². The highest BCUT2D eigenvalue weighted by atomic mass is 32.1. The van der Waals surface area contributed by atoms with Crippen LogP contribution in [0.15, 0.2) is 41.5 Å². The predicted molar refractivity (Wildman–Crippen MR) is 178 cm³/mol. The summed E-state index contributed by atoms with van der Waals surface area (Å²) in [6.07, 6.45) is 4.29. The zero-order valence-corrected chi connectivity index (χ0v) is 27.3. The van der Waals surface area contributed by atoms with Gasteiger partial charge in [0.2, 0.25) is 17.7 Å². The van der Waals surface area contributed by atoms with E-state index in [9.17, 15) is 24.3 Å². The van der Waals surface area contributed by atoms with E-state index < -0.39 is 48.0 Å². The van der Waals surface area contributed by atoms with Gasteiger partial charge in [0.25, 0.3) is 0 Å². The highest BCUT2D eigenvalue weighted by molar-refractivity contribution is 7.71. The van der Waals surface area contributed by atoms with Crippen LogP contribution in [0.3, 0.4) is 0 Å². The van der Waals surface area contributed by atoms with Gasteiger partial charge < -0.3 is 57.9 Å². The van der Waals surface area contributed by atoms with Crippen molar-refractivity contribution < 1.29 is 24.3 Å². The lowest BCUT2D eigenvalue weighted by Crippen LogP contribution is -2.61. The fourth-order valence-electron chi connectivity index (χ4n) is 4.84. The quantitative estimate of drug-likeness (QED) is 0.0266. The number of hydrogen-bond donors (Lipinski definition) is 8. The number of nitrogens with one attached hydrogen (secondary N) is 3. The molecule has 2 aromatic rings. The van der Waals surface area contributed by atoms with E-state index in [1.54, 1.807) is 53.7 Å². The molecular formula is C30H48N10O5S. The topological polar surface area (TPSA) is 251 Å². The number of nitrogens with two attached hydrogens (primary N) is 4. The minimum absolute atomic E-state index is 0.0384. The van der Waals surface area contributed by atoms with E-state index in [1.807, 2.05) is 6.07 Å². The lowest BCUT2D eigenvalue weighted by molar-refractivity contribution is -0.134. The standard InChI is InChI=1S/C30H48N10O5S/c1-39-17-21(40(2)29(39)46)15-24(37-25(43)22(32)11-8-14-35-28(33)34)26(44)36-23(12-6-7-13-31)27(45)38-30(18-41,19-42)16-20-9-4-3-5-10-20/h3-5,9-10,17-18,22-24,42H,6-8,11-16,19,31-32H2,1-2H3,(H,36,44)(H,37,43)(H,38,45)(H4,33,34,35)/t22-,23+,24+,30+/m1/s1. The van der Waals surface area contributed by atoms with Gasteiger partial charge in [-0.15, -0.1) is 0 Å². The van der Waals surface area contributed by atoms with Crippen molar-refractivity contribution in [2.45, 2.75) is 68.6 Å². The number of aromatic nitrogens is 2. The lowest BCUT2D eigenvalue weighted by atomic mass is 9.92. The van der Waals surface area contributed by atoms with Crippen molar-refractivity contribution >= 4 is 42.2 Å². The van der Waals surface area contributed by atoms with E-state index in [0.717, 1.165) is 5.56 Å². The Balaban J connectivity index is 2.31. The summed E-state index contributed by atoms with van der Waals surface area (Å²) >= 11 is 5.40. The molecule has 1 aromatic heterocycles. The minimum atomic E-state index is -1.62. The number of aliphatic imine (C=N–C) groups is 1. The fraction of sp³-hybridized carbons (Fsp3) is 0.533. The molecular weight excluding hydrogens is 612 g/mol.